The summed E-state index contributed by atoms with van der Waals surface area (Å²) in [5.41, 5.74) is 1.96. The lowest BCUT2D eigenvalue weighted by atomic mass is 9.92. The van der Waals surface area contributed by atoms with Crippen molar-refractivity contribution in [2.45, 2.75) is 63.9 Å². The molecule has 2 saturated heterocycles. The molecule has 136 valence electrons. The normalized spacial score (nSPS) is 23.6. The molecule has 2 aliphatic rings. The highest BCUT2D eigenvalue weighted by Crippen LogP contribution is 2.28. The van der Waals surface area contributed by atoms with Gasteiger partial charge in [0, 0.05) is 24.5 Å². The lowest BCUT2D eigenvalue weighted by Gasteiger charge is -2.32. The molecule has 0 amide bonds. The third kappa shape index (κ3) is 3.55. The van der Waals surface area contributed by atoms with E-state index in [4.69, 9.17) is 9.84 Å². The minimum atomic E-state index is 0.0282. The van der Waals surface area contributed by atoms with Crippen molar-refractivity contribution in [2.24, 2.45) is 0 Å². The molecule has 1 atom stereocenters. The quantitative estimate of drug-likeness (QED) is 0.858. The molecular formula is C19H29N5O. The molecule has 4 heterocycles. The number of rotatable bonds is 3. The summed E-state index contributed by atoms with van der Waals surface area (Å²) in [6, 6.07) is 4.11. The molecule has 0 bridgehead atoms. The van der Waals surface area contributed by atoms with Crippen molar-refractivity contribution in [3.8, 4) is 0 Å². The van der Waals surface area contributed by atoms with E-state index in [9.17, 15) is 0 Å². The van der Waals surface area contributed by atoms with Crippen molar-refractivity contribution in [2.75, 3.05) is 26.2 Å². The molecule has 0 spiro atoms. The predicted octanol–water partition coefficient (Wildman–Crippen LogP) is 2.78. The van der Waals surface area contributed by atoms with Gasteiger partial charge in [0.2, 0.25) is 0 Å². The van der Waals surface area contributed by atoms with E-state index in [1.54, 1.807) is 0 Å². The fraction of sp³-hybridized carbons (Fsp3) is 0.737. The Labute approximate surface area is 149 Å². The Morgan fingerprint density at radius 2 is 1.92 bits per heavy atom. The summed E-state index contributed by atoms with van der Waals surface area (Å²) >= 11 is 0. The van der Waals surface area contributed by atoms with E-state index in [2.05, 4.69) is 41.9 Å². The van der Waals surface area contributed by atoms with E-state index < -0.39 is 0 Å². The summed E-state index contributed by atoms with van der Waals surface area (Å²) in [6.07, 6.45) is 5.12. The molecule has 6 heteroatoms. The van der Waals surface area contributed by atoms with Gasteiger partial charge in [-0.3, -0.25) is 0 Å². The molecule has 4 rings (SSSR count). The summed E-state index contributed by atoms with van der Waals surface area (Å²) < 4.78 is 7.75. The number of aromatic nitrogens is 4. The number of ether oxygens (including phenoxy) is 1. The zero-order chi connectivity index (χ0) is 17.4. The van der Waals surface area contributed by atoms with Gasteiger partial charge in [-0.15, -0.1) is 10.2 Å². The van der Waals surface area contributed by atoms with Crippen LogP contribution in [0.25, 0.3) is 5.65 Å². The molecular weight excluding hydrogens is 314 g/mol. The van der Waals surface area contributed by atoms with Crippen LogP contribution in [0.4, 0.5) is 0 Å². The average Bonchev–Trinajstić information content (AvgIpc) is 3.23. The van der Waals surface area contributed by atoms with Crippen LogP contribution in [0.1, 0.15) is 63.9 Å². The second-order valence-corrected chi connectivity index (χ2v) is 8.51. The smallest absolute Gasteiger partial charge is 0.177 e. The van der Waals surface area contributed by atoms with Gasteiger partial charge in [0.25, 0.3) is 0 Å². The molecule has 1 unspecified atom stereocenters. The highest BCUT2D eigenvalue weighted by Gasteiger charge is 2.28. The van der Waals surface area contributed by atoms with Gasteiger partial charge in [-0.2, -0.15) is 9.61 Å². The number of fused-ring (bicyclic) bond motifs is 1. The fourth-order valence-electron chi connectivity index (χ4n) is 3.91. The zero-order valence-electron chi connectivity index (χ0n) is 15.6. The van der Waals surface area contributed by atoms with E-state index in [1.807, 2.05) is 10.6 Å². The molecule has 2 aliphatic heterocycles. The number of piperidine rings is 1. The molecule has 2 fully saturated rings. The zero-order valence-corrected chi connectivity index (χ0v) is 15.6. The van der Waals surface area contributed by atoms with Gasteiger partial charge in [0.1, 0.15) is 0 Å². The third-order valence-corrected chi connectivity index (χ3v) is 5.49. The Balaban J connectivity index is 1.47. The van der Waals surface area contributed by atoms with E-state index in [0.29, 0.717) is 12.0 Å². The van der Waals surface area contributed by atoms with Crippen molar-refractivity contribution in [3.63, 3.8) is 0 Å². The Kier molecular flexibility index (Phi) is 4.50. The SMILES string of the molecule is CC(C)(C)c1ccc2nnc(C3CCN(CC4CCCO4)CC3)n2n1. The second kappa shape index (κ2) is 6.65. The third-order valence-electron chi connectivity index (χ3n) is 5.49. The van der Waals surface area contributed by atoms with Crippen molar-refractivity contribution in [1.82, 2.24) is 24.7 Å². The van der Waals surface area contributed by atoms with Gasteiger partial charge in [-0.25, -0.2) is 0 Å². The molecule has 2 aromatic heterocycles. The lowest BCUT2D eigenvalue weighted by molar-refractivity contribution is 0.0639. The first-order valence-corrected chi connectivity index (χ1v) is 9.57. The molecule has 2 aromatic rings. The largest absolute Gasteiger partial charge is 0.377 e. The van der Waals surface area contributed by atoms with Gasteiger partial charge in [-0.05, 0) is 50.9 Å². The minimum absolute atomic E-state index is 0.0282. The molecule has 0 aliphatic carbocycles. The Morgan fingerprint density at radius 1 is 1.12 bits per heavy atom. The van der Waals surface area contributed by atoms with Crippen LogP contribution >= 0.6 is 0 Å². The predicted molar refractivity (Wildman–Crippen MR) is 96.9 cm³/mol. The van der Waals surface area contributed by atoms with Gasteiger partial charge in [-0.1, -0.05) is 20.8 Å². The molecule has 0 N–H and O–H groups in total. The van der Waals surface area contributed by atoms with Crippen LogP contribution in [-0.4, -0.2) is 57.1 Å². The highest BCUT2D eigenvalue weighted by atomic mass is 16.5. The maximum Gasteiger partial charge on any atom is 0.177 e. The van der Waals surface area contributed by atoms with E-state index >= 15 is 0 Å². The maximum absolute atomic E-state index is 5.78. The Hall–Kier alpha value is -1.53. The van der Waals surface area contributed by atoms with Gasteiger partial charge in [0.05, 0.1) is 11.8 Å². The van der Waals surface area contributed by atoms with E-state index in [1.165, 1.54) is 12.8 Å². The summed E-state index contributed by atoms with van der Waals surface area (Å²) in [4.78, 5) is 2.55. The standard InChI is InChI=1S/C19H29N5O/c1-19(2,3)16-6-7-17-20-21-18(24(17)22-16)14-8-10-23(11-9-14)13-15-5-4-12-25-15/h6-7,14-15H,4-5,8-13H2,1-3H3. The van der Waals surface area contributed by atoms with Crippen LogP contribution < -0.4 is 0 Å². The van der Waals surface area contributed by atoms with E-state index in [-0.39, 0.29) is 5.41 Å². The van der Waals surface area contributed by atoms with Gasteiger partial charge >= 0.3 is 0 Å². The number of hydrogen-bond acceptors (Lipinski definition) is 5. The second-order valence-electron chi connectivity index (χ2n) is 8.51. The first-order valence-electron chi connectivity index (χ1n) is 9.57. The summed E-state index contributed by atoms with van der Waals surface area (Å²) in [6.45, 7) is 10.8. The Morgan fingerprint density at radius 3 is 2.60 bits per heavy atom. The fourth-order valence-corrected chi connectivity index (χ4v) is 3.91. The van der Waals surface area contributed by atoms with Gasteiger partial charge < -0.3 is 9.64 Å². The van der Waals surface area contributed by atoms with Crippen molar-refractivity contribution >= 4 is 5.65 Å². The summed E-state index contributed by atoms with van der Waals surface area (Å²) in [5.74, 6) is 1.47. The summed E-state index contributed by atoms with van der Waals surface area (Å²) in [5, 5.41) is 13.7. The van der Waals surface area contributed by atoms with Crippen LogP contribution in [0.2, 0.25) is 0 Å². The maximum atomic E-state index is 5.78. The Bertz CT molecular complexity index is 721. The molecule has 0 radical (unpaired) electrons. The highest BCUT2D eigenvalue weighted by molar-refractivity contribution is 5.37. The van der Waals surface area contributed by atoms with Crippen LogP contribution in [0.15, 0.2) is 12.1 Å². The first-order chi connectivity index (χ1) is 12.0. The number of likely N-dealkylation sites (tertiary alicyclic amines) is 1. The van der Waals surface area contributed by atoms with Crippen LogP contribution in [0.3, 0.4) is 0 Å². The van der Waals surface area contributed by atoms with Crippen LogP contribution in [-0.2, 0) is 10.2 Å². The molecule has 0 aromatic carbocycles. The average molecular weight is 343 g/mol. The first kappa shape index (κ1) is 16.9. The minimum Gasteiger partial charge on any atom is -0.377 e. The van der Waals surface area contributed by atoms with E-state index in [0.717, 1.165) is 56.2 Å². The van der Waals surface area contributed by atoms with Crippen molar-refractivity contribution in [3.05, 3.63) is 23.7 Å². The summed E-state index contributed by atoms with van der Waals surface area (Å²) in [7, 11) is 0. The van der Waals surface area contributed by atoms with Crippen LogP contribution in [0, 0.1) is 0 Å². The van der Waals surface area contributed by atoms with Crippen LogP contribution in [0.5, 0.6) is 0 Å². The monoisotopic (exact) mass is 343 g/mol. The van der Waals surface area contributed by atoms with Gasteiger partial charge in [0.15, 0.2) is 11.5 Å². The topological polar surface area (TPSA) is 55.5 Å². The molecule has 25 heavy (non-hydrogen) atoms. The lowest BCUT2D eigenvalue weighted by Crippen LogP contribution is -2.38. The van der Waals surface area contributed by atoms with Crippen molar-refractivity contribution < 1.29 is 4.74 Å². The molecule has 0 saturated carbocycles. The molecule has 6 nitrogen and oxygen atoms in total. The van der Waals surface area contributed by atoms with Crippen molar-refractivity contribution in [1.29, 1.82) is 0 Å². The number of hydrogen-bond donors (Lipinski definition) is 0. The number of nitrogens with zero attached hydrogens (tertiary/aromatic N) is 5.